The van der Waals surface area contributed by atoms with Crippen LogP contribution in [0.4, 0.5) is 0 Å². The van der Waals surface area contributed by atoms with Crippen LogP contribution >= 0.6 is 27.7 Å². The topological polar surface area (TPSA) is 20.3 Å². The first-order valence-corrected chi connectivity index (χ1v) is 8.89. The van der Waals surface area contributed by atoms with Crippen molar-refractivity contribution >= 4 is 33.5 Å². The molecule has 2 nitrogen and oxygen atoms in total. The Morgan fingerprint density at radius 3 is 2.70 bits per heavy atom. The Hall–Kier alpha value is -0.320. The van der Waals surface area contributed by atoms with E-state index >= 15 is 0 Å². The van der Waals surface area contributed by atoms with Gasteiger partial charge in [-0.25, -0.2) is 0 Å². The molecule has 4 heteroatoms. The maximum atomic E-state index is 12.1. The Balaban J connectivity index is 1.75. The lowest BCUT2D eigenvalue weighted by Gasteiger charge is -2.37. The minimum atomic E-state index is 0.253. The summed E-state index contributed by atoms with van der Waals surface area (Å²) in [5.41, 5.74) is 0.822. The van der Waals surface area contributed by atoms with E-state index in [-0.39, 0.29) is 5.78 Å². The molecule has 1 heterocycles. The summed E-state index contributed by atoms with van der Waals surface area (Å²) in [5, 5.41) is 0. The summed E-state index contributed by atoms with van der Waals surface area (Å²) >= 11 is 5.44. The zero-order chi connectivity index (χ0) is 14.6. The van der Waals surface area contributed by atoms with Crippen molar-refractivity contribution < 1.29 is 4.79 Å². The molecule has 110 valence electrons. The first kappa shape index (κ1) is 16.1. The lowest BCUT2D eigenvalue weighted by Crippen LogP contribution is -2.43. The van der Waals surface area contributed by atoms with Gasteiger partial charge in [0.25, 0.3) is 0 Å². The average molecular weight is 356 g/mol. The summed E-state index contributed by atoms with van der Waals surface area (Å²) in [6.45, 7) is 7.92. The Morgan fingerprint density at radius 1 is 1.35 bits per heavy atom. The number of halogens is 1. The number of rotatable bonds is 5. The monoisotopic (exact) mass is 355 g/mol. The van der Waals surface area contributed by atoms with Gasteiger partial charge in [0.15, 0.2) is 5.78 Å². The molecule has 20 heavy (non-hydrogen) atoms. The number of hydrogen-bond acceptors (Lipinski definition) is 3. The second-order valence-corrected chi connectivity index (χ2v) is 8.64. The number of nitrogens with zero attached hydrogens (tertiary/aromatic N) is 1. The van der Waals surface area contributed by atoms with Crippen molar-refractivity contribution in [2.45, 2.75) is 31.4 Å². The fourth-order valence-corrected chi connectivity index (χ4v) is 3.99. The molecule has 1 aromatic rings. The van der Waals surface area contributed by atoms with Gasteiger partial charge in [0.05, 0.1) is 0 Å². The van der Waals surface area contributed by atoms with Crippen molar-refractivity contribution in [3.63, 3.8) is 0 Å². The Labute approximate surface area is 134 Å². The molecule has 0 saturated carbocycles. The van der Waals surface area contributed by atoms with Crippen LogP contribution in [0.3, 0.4) is 0 Å². The summed E-state index contributed by atoms with van der Waals surface area (Å²) < 4.78 is 1.37. The molecule has 1 fully saturated rings. The molecule has 2 rings (SSSR count). The summed E-state index contributed by atoms with van der Waals surface area (Å²) in [5.74, 6) is 1.45. The van der Waals surface area contributed by atoms with Gasteiger partial charge in [-0.15, -0.1) is 0 Å². The highest BCUT2D eigenvalue weighted by atomic mass is 79.9. The molecule has 0 radical (unpaired) electrons. The third-order valence-corrected chi connectivity index (χ3v) is 5.38. The SMILES string of the molecule is CC1(C)CN(CCCC(=O)c2ccc(Br)cc2)CCS1. The third-order valence-electron chi connectivity index (χ3n) is 3.55. The average Bonchev–Trinajstić information content (AvgIpc) is 2.38. The van der Waals surface area contributed by atoms with Gasteiger partial charge in [0.2, 0.25) is 0 Å². The Kier molecular flexibility index (Phi) is 5.70. The van der Waals surface area contributed by atoms with Gasteiger partial charge >= 0.3 is 0 Å². The Morgan fingerprint density at radius 2 is 2.05 bits per heavy atom. The van der Waals surface area contributed by atoms with Crippen LogP contribution < -0.4 is 0 Å². The number of carbonyl (C=O) groups is 1. The fraction of sp³-hybridized carbons (Fsp3) is 0.562. The molecule has 0 amide bonds. The van der Waals surface area contributed by atoms with Crippen molar-refractivity contribution in [2.75, 3.05) is 25.4 Å². The fourth-order valence-electron chi connectivity index (χ4n) is 2.55. The van der Waals surface area contributed by atoms with Crippen LogP contribution in [0.2, 0.25) is 0 Å². The molecule has 0 atom stereocenters. The number of thioether (sulfide) groups is 1. The van der Waals surface area contributed by atoms with Crippen molar-refractivity contribution in [2.24, 2.45) is 0 Å². The molecule has 0 bridgehead atoms. The number of carbonyl (C=O) groups excluding carboxylic acids is 1. The second-order valence-electron chi connectivity index (χ2n) is 5.92. The number of benzene rings is 1. The molecule has 1 aliphatic rings. The predicted molar refractivity (Wildman–Crippen MR) is 90.7 cm³/mol. The molecule has 0 aliphatic carbocycles. The highest BCUT2D eigenvalue weighted by Gasteiger charge is 2.26. The van der Waals surface area contributed by atoms with E-state index in [1.54, 1.807) is 0 Å². The van der Waals surface area contributed by atoms with Gasteiger partial charge < -0.3 is 4.90 Å². The van der Waals surface area contributed by atoms with E-state index in [9.17, 15) is 4.79 Å². The zero-order valence-corrected chi connectivity index (χ0v) is 14.6. The number of ketones is 1. The number of Topliss-reactive ketones (excluding diaryl/α,β-unsaturated/α-hetero) is 1. The predicted octanol–water partition coefficient (Wildman–Crippen LogP) is 4.24. The van der Waals surface area contributed by atoms with E-state index in [0.29, 0.717) is 11.2 Å². The highest BCUT2D eigenvalue weighted by molar-refractivity contribution is 9.10. The third kappa shape index (κ3) is 4.90. The minimum absolute atomic E-state index is 0.253. The molecular formula is C16H22BrNOS. The van der Waals surface area contributed by atoms with Gasteiger partial charge in [-0.3, -0.25) is 4.79 Å². The van der Waals surface area contributed by atoms with Crippen molar-refractivity contribution in [1.29, 1.82) is 0 Å². The van der Waals surface area contributed by atoms with E-state index < -0.39 is 0 Å². The zero-order valence-electron chi connectivity index (χ0n) is 12.2. The molecule has 0 N–H and O–H groups in total. The standard InChI is InChI=1S/C16H22BrNOS/c1-16(2)12-18(10-11-20-16)9-3-4-15(19)13-5-7-14(17)8-6-13/h5-8H,3-4,9-12H2,1-2H3. The normalized spacial score (nSPS) is 18.9. The van der Waals surface area contributed by atoms with E-state index in [4.69, 9.17) is 0 Å². The summed E-state index contributed by atoms with van der Waals surface area (Å²) in [6.07, 6.45) is 1.60. The maximum absolute atomic E-state index is 12.1. The maximum Gasteiger partial charge on any atom is 0.162 e. The van der Waals surface area contributed by atoms with E-state index in [0.717, 1.165) is 36.1 Å². The van der Waals surface area contributed by atoms with E-state index in [2.05, 4.69) is 34.7 Å². The molecule has 1 aromatic carbocycles. The number of hydrogen-bond donors (Lipinski definition) is 0. The van der Waals surface area contributed by atoms with Crippen molar-refractivity contribution in [1.82, 2.24) is 4.90 Å². The minimum Gasteiger partial charge on any atom is -0.301 e. The summed E-state index contributed by atoms with van der Waals surface area (Å²) in [7, 11) is 0. The van der Waals surface area contributed by atoms with Gasteiger partial charge in [-0.2, -0.15) is 11.8 Å². The van der Waals surface area contributed by atoms with Crippen LogP contribution in [-0.4, -0.2) is 40.8 Å². The molecule has 0 spiro atoms. The molecule has 1 saturated heterocycles. The molecule has 1 aliphatic heterocycles. The summed E-state index contributed by atoms with van der Waals surface area (Å²) in [4.78, 5) is 14.6. The van der Waals surface area contributed by atoms with E-state index in [1.807, 2.05) is 36.0 Å². The van der Waals surface area contributed by atoms with Gasteiger partial charge in [0.1, 0.15) is 0 Å². The van der Waals surface area contributed by atoms with Crippen molar-refractivity contribution in [3.8, 4) is 0 Å². The first-order chi connectivity index (χ1) is 9.46. The quantitative estimate of drug-likeness (QED) is 0.736. The lowest BCUT2D eigenvalue weighted by molar-refractivity contribution is 0.0974. The van der Waals surface area contributed by atoms with E-state index in [1.165, 1.54) is 5.75 Å². The molecule has 0 unspecified atom stereocenters. The largest absolute Gasteiger partial charge is 0.301 e. The molecular weight excluding hydrogens is 334 g/mol. The van der Waals surface area contributed by atoms with Crippen molar-refractivity contribution in [3.05, 3.63) is 34.3 Å². The van der Waals surface area contributed by atoms with Gasteiger partial charge in [-0.1, -0.05) is 28.1 Å². The van der Waals surface area contributed by atoms with Crippen LogP contribution in [-0.2, 0) is 0 Å². The van der Waals surface area contributed by atoms with Crippen LogP contribution in [0.15, 0.2) is 28.7 Å². The van der Waals surface area contributed by atoms with Gasteiger partial charge in [-0.05, 0) is 38.9 Å². The van der Waals surface area contributed by atoms with Gasteiger partial charge in [0, 0.05) is 40.0 Å². The smallest absolute Gasteiger partial charge is 0.162 e. The van der Waals surface area contributed by atoms with Crippen LogP contribution in [0.1, 0.15) is 37.0 Å². The first-order valence-electron chi connectivity index (χ1n) is 7.11. The van der Waals surface area contributed by atoms with Crippen LogP contribution in [0, 0.1) is 0 Å². The highest BCUT2D eigenvalue weighted by Crippen LogP contribution is 2.29. The summed E-state index contributed by atoms with van der Waals surface area (Å²) in [6, 6.07) is 7.65. The Bertz CT molecular complexity index is 458. The lowest BCUT2D eigenvalue weighted by atomic mass is 10.1. The molecule has 0 aromatic heterocycles. The second kappa shape index (κ2) is 7.10. The van der Waals surface area contributed by atoms with Crippen LogP contribution in [0.5, 0.6) is 0 Å². The van der Waals surface area contributed by atoms with Crippen LogP contribution in [0.25, 0.3) is 0 Å².